The number of halogens is 2. The standard InChI is InChI=1S/C20H21F2N3O2/c21-16-3-1-2-15(19(16)22)12-24-9-6-18-17(13-24)25(10-11-27-18)20(26)14-4-7-23-8-5-14/h1-5,7-8,17-18H,6,9-13H2/t17-,18-/m0/s1. The number of ether oxygens (including phenoxy) is 1. The minimum Gasteiger partial charge on any atom is -0.374 e. The second-order valence-corrected chi connectivity index (χ2v) is 6.95. The third-order valence-corrected chi connectivity index (χ3v) is 5.28. The van der Waals surface area contributed by atoms with Gasteiger partial charge in [0.05, 0.1) is 18.8 Å². The molecule has 0 unspecified atom stereocenters. The normalized spacial score (nSPS) is 23.1. The Kier molecular flexibility index (Phi) is 5.13. The number of rotatable bonds is 3. The first-order valence-electron chi connectivity index (χ1n) is 9.11. The van der Waals surface area contributed by atoms with E-state index in [2.05, 4.69) is 9.88 Å². The summed E-state index contributed by atoms with van der Waals surface area (Å²) >= 11 is 0. The Bertz CT molecular complexity index is 818. The zero-order valence-corrected chi connectivity index (χ0v) is 14.9. The Morgan fingerprint density at radius 1 is 1.19 bits per heavy atom. The molecular formula is C20H21F2N3O2. The molecule has 3 heterocycles. The molecule has 0 spiro atoms. The smallest absolute Gasteiger partial charge is 0.254 e. The lowest BCUT2D eigenvalue weighted by Crippen LogP contribution is -2.61. The molecule has 1 aromatic carbocycles. The molecule has 1 amide bonds. The lowest BCUT2D eigenvalue weighted by molar-refractivity contribution is -0.0915. The van der Waals surface area contributed by atoms with Crippen molar-refractivity contribution in [3.8, 4) is 0 Å². The number of hydrogen-bond donors (Lipinski definition) is 0. The van der Waals surface area contributed by atoms with Crippen LogP contribution in [0.25, 0.3) is 0 Å². The molecule has 2 fully saturated rings. The number of hydrogen-bond acceptors (Lipinski definition) is 4. The average Bonchev–Trinajstić information content (AvgIpc) is 2.71. The molecule has 0 radical (unpaired) electrons. The maximum atomic E-state index is 14.0. The molecule has 142 valence electrons. The number of fused-ring (bicyclic) bond motifs is 1. The van der Waals surface area contributed by atoms with E-state index in [9.17, 15) is 13.6 Å². The zero-order valence-electron chi connectivity index (χ0n) is 14.9. The largest absolute Gasteiger partial charge is 0.374 e. The number of benzene rings is 1. The zero-order chi connectivity index (χ0) is 18.8. The molecule has 0 bridgehead atoms. The number of nitrogens with zero attached hydrogens (tertiary/aromatic N) is 3. The van der Waals surface area contributed by atoms with Gasteiger partial charge in [-0.15, -0.1) is 0 Å². The highest BCUT2D eigenvalue weighted by Crippen LogP contribution is 2.26. The third kappa shape index (κ3) is 3.70. The van der Waals surface area contributed by atoms with Crippen LogP contribution in [0.15, 0.2) is 42.7 Å². The number of piperidine rings is 1. The number of amides is 1. The summed E-state index contributed by atoms with van der Waals surface area (Å²) < 4.78 is 33.4. The van der Waals surface area contributed by atoms with Crippen molar-refractivity contribution in [3.05, 3.63) is 65.5 Å². The van der Waals surface area contributed by atoms with E-state index in [0.717, 1.165) is 12.5 Å². The molecule has 2 saturated heterocycles. The summed E-state index contributed by atoms with van der Waals surface area (Å²) in [6, 6.07) is 7.54. The molecule has 2 aliphatic rings. The molecule has 4 rings (SSSR count). The van der Waals surface area contributed by atoms with Gasteiger partial charge in [-0.1, -0.05) is 12.1 Å². The quantitative estimate of drug-likeness (QED) is 0.829. The van der Waals surface area contributed by atoms with Crippen molar-refractivity contribution in [1.82, 2.24) is 14.8 Å². The Morgan fingerprint density at radius 2 is 2.00 bits per heavy atom. The summed E-state index contributed by atoms with van der Waals surface area (Å²) in [5.74, 6) is -1.68. The first-order chi connectivity index (χ1) is 13.1. The number of pyridine rings is 1. The molecule has 0 aliphatic carbocycles. The predicted octanol–water partition coefficient (Wildman–Crippen LogP) is 2.48. The van der Waals surface area contributed by atoms with Crippen molar-refractivity contribution in [2.24, 2.45) is 0 Å². The molecule has 2 aliphatic heterocycles. The monoisotopic (exact) mass is 373 g/mol. The van der Waals surface area contributed by atoms with Gasteiger partial charge in [-0.3, -0.25) is 14.7 Å². The van der Waals surface area contributed by atoms with Gasteiger partial charge in [0.1, 0.15) is 0 Å². The van der Waals surface area contributed by atoms with E-state index >= 15 is 0 Å². The van der Waals surface area contributed by atoms with Gasteiger partial charge in [-0.2, -0.15) is 0 Å². The highest BCUT2D eigenvalue weighted by Gasteiger charge is 2.39. The number of morpholine rings is 1. The highest BCUT2D eigenvalue weighted by atomic mass is 19.2. The van der Waals surface area contributed by atoms with Gasteiger partial charge < -0.3 is 9.64 Å². The summed E-state index contributed by atoms with van der Waals surface area (Å²) in [4.78, 5) is 20.8. The number of carbonyl (C=O) groups excluding carboxylic acids is 1. The van der Waals surface area contributed by atoms with E-state index in [4.69, 9.17) is 4.74 Å². The van der Waals surface area contributed by atoms with Crippen LogP contribution in [-0.4, -0.2) is 59.1 Å². The third-order valence-electron chi connectivity index (χ3n) is 5.28. The first-order valence-corrected chi connectivity index (χ1v) is 9.11. The molecule has 27 heavy (non-hydrogen) atoms. The van der Waals surface area contributed by atoms with Crippen LogP contribution < -0.4 is 0 Å². The molecule has 2 atom stereocenters. The van der Waals surface area contributed by atoms with Crippen LogP contribution >= 0.6 is 0 Å². The van der Waals surface area contributed by atoms with Crippen molar-refractivity contribution < 1.29 is 18.3 Å². The van der Waals surface area contributed by atoms with Crippen LogP contribution in [0.3, 0.4) is 0 Å². The van der Waals surface area contributed by atoms with E-state index in [1.54, 1.807) is 30.6 Å². The van der Waals surface area contributed by atoms with E-state index in [0.29, 0.717) is 43.9 Å². The fraction of sp³-hybridized carbons (Fsp3) is 0.400. The van der Waals surface area contributed by atoms with Gasteiger partial charge in [-0.25, -0.2) is 8.78 Å². The molecule has 7 heteroatoms. The van der Waals surface area contributed by atoms with E-state index in [-0.39, 0.29) is 18.1 Å². The lowest BCUT2D eigenvalue weighted by atomic mass is 9.97. The second-order valence-electron chi connectivity index (χ2n) is 6.95. The maximum absolute atomic E-state index is 14.0. The van der Waals surface area contributed by atoms with Crippen molar-refractivity contribution in [2.75, 3.05) is 26.2 Å². The fourth-order valence-corrected chi connectivity index (χ4v) is 3.91. The first kappa shape index (κ1) is 18.0. The van der Waals surface area contributed by atoms with Gasteiger partial charge in [-0.05, 0) is 24.6 Å². The maximum Gasteiger partial charge on any atom is 0.254 e. The van der Waals surface area contributed by atoms with Crippen LogP contribution in [0, 0.1) is 11.6 Å². The van der Waals surface area contributed by atoms with E-state index in [1.807, 2.05) is 4.90 Å². The summed E-state index contributed by atoms with van der Waals surface area (Å²) in [5, 5.41) is 0. The summed E-state index contributed by atoms with van der Waals surface area (Å²) in [6.07, 6.45) is 3.93. The Hall–Kier alpha value is -2.38. The van der Waals surface area contributed by atoms with Gasteiger partial charge in [0, 0.05) is 49.7 Å². The van der Waals surface area contributed by atoms with Crippen LogP contribution in [-0.2, 0) is 11.3 Å². The van der Waals surface area contributed by atoms with Gasteiger partial charge >= 0.3 is 0 Å². The van der Waals surface area contributed by atoms with E-state index < -0.39 is 11.6 Å². The van der Waals surface area contributed by atoms with Gasteiger partial charge in [0.2, 0.25) is 0 Å². The topological polar surface area (TPSA) is 45.7 Å². The molecule has 2 aromatic rings. The summed E-state index contributed by atoms with van der Waals surface area (Å²) in [7, 11) is 0. The average molecular weight is 373 g/mol. The van der Waals surface area contributed by atoms with Crippen LogP contribution in [0.1, 0.15) is 22.3 Å². The predicted molar refractivity (Wildman–Crippen MR) is 95.1 cm³/mol. The Morgan fingerprint density at radius 3 is 2.81 bits per heavy atom. The minimum atomic E-state index is -0.835. The minimum absolute atomic E-state index is 0.0295. The van der Waals surface area contributed by atoms with E-state index in [1.165, 1.54) is 6.07 Å². The SMILES string of the molecule is O=C(c1ccncc1)N1CCO[C@H]2CCN(Cc3cccc(F)c3F)C[C@@H]21. The highest BCUT2D eigenvalue weighted by molar-refractivity contribution is 5.94. The van der Waals surface area contributed by atoms with Gasteiger partial charge in [0.15, 0.2) is 11.6 Å². The van der Waals surface area contributed by atoms with Crippen LogP contribution in [0.4, 0.5) is 8.78 Å². The molecular weight excluding hydrogens is 352 g/mol. The molecule has 0 N–H and O–H groups in total. The van der Waals surface area contributed by atoms with Gasteiger partial charge in [0.25, 0.3) is 5.91 Å². The number of aromatic nitrogens is 1. The van der Waals surface area contributed by atoms with Crippen molar-refractivity contribution >= 4 is 5.91 Å². The molecule has 5 nitrogen and oxygen atoms in total. The Balaban J connectivity index is 1.51. The molecule has 0 saturated carbocycles. The second kappa shape index (κ2) is 7.70. The summed E-state index contributed by atoms with van der Waals surface area (Å²) in [5.41, 5.74) is 0.927. The van der Waals surface area contributed by atoms with Crippen molar-refractivity contribution in [3.63, 3.8) is 0 Å². The number of likely N-dealkylation sites (tertiary alicyclic amines) is 1. The lowest BCUT2D eigenvalue weighted by Gasteiger charge is -2.47. The van der Waals surface area contributed by atoms with Crippen molar-refractivity contribution in [2.45, 2.75) is 25.1 Å². The van der Waals surface area contributed by atoms with Crippen LogP contribution in [0.2, 0.25) is 0 Å². The summed E-state index contributed by atoms with van der Waals surface area (Å²) in [6.45, 7) is 2.62. The fourth-order valence-electron chi connectivity index (χ4n) is 3.91. The Labute approximate surface area is 156 Å². The molecule has 1 aromatic heterocycles. The van der Waals surface area contributed by atoms with Crippen LogP contribution in [0.5, 0.6) is 0 Å². The number of carbonyl (C=O) groups is 1. The van der Waals surface area contributed by atoms with Crippen molar-refractivity contribution in [1.29, 1.82) is 0 Å².